The van der Waals surface area contributed by atoms with Crippen LogP contribution in [0.15, 0.2) is 22.9 Å². The van der Waals surface area contributed by atoms with E-state index in [4.69, 9.17) is 0 Å². The molecule has 16 heavy (non-hydrogen) atoms. The topological polar surface area (TPSA) is 45.2 Å². The first-order valence-corrected chi connectivity index (χ1v) is 5.87. The number of nitrogens with zero attached hydrogens (tertiary/aromatic N) is 2. The molecule has 4 nitrogen and oxygen atoms in total. The fourth-order valence-corrected chi connectivity index (χ4v) is 1.50. The predicted octanol–water partition coefficient (Wildman–Crippen LogP) is 1.52. The molecule has 1 aromatic heterocycles. The lowest BCUT2D eigenvalue weighted by molar-refractivity contribution is 0.0942. The second-order valence-corrected chi connectivity index (χ2v) is 4.62. The summed E-state index contributed by atoms with van der Waals surface area (Å²) in [5.74, 6) is -0.103. The Hall–Kier alpha value is -0.940. The van der Waals surface area contributed by atoms with Crippen molar-refractivity contribution in [2.45, 2.75) is 13.0 Å². The van der Waals surface area contributed by atoms with Crippen molar-refractivity contribution in [1.82, 2.24) is 15.2 Å². The van der Waals surface area contributed by atoms with Gasteiger partial charge in [0.2, 0.25) is 0 Å². The van der Waals surface area contributed by atoms with Gasteiger partial charge in [-0.1, -0.05) is 0 Å². The molecule has 0 radical (unpaired) electrons. The summed E-state index contributed by atoms with van der Waals surface area (Å²) in [7, 11) is 3.97. The van der Waals surface area contributed by atoms with Crippen molar-refractivity contribution in [3.8, 4) is 0 Å². The first kappa shape index (κ1) is 13.1. The van der Waals surface area contributed by atoms with Crippen molar-refractivity contribution in [1.29, 1.82) is 0 Å². The molecule has 0 aliphatic rings. The highest BCUT2D eigenvalue weighted by Crippen LogP contribution is 2.11. The average Bonchev–Trinajstić information content (AvgIpc) is 2.25. The number of carbonyl (C=O) groups is 1. The number of halogens is 1. The van der Waals surface area contributed by atoms with E-state index < -0.39 is 0 Å². The monoisotopic (exact) mass is 285 g/mol. The van der Waals surface area contributed by atoms with Crippen LogP contribution in [0.2, 0.25) is 0 Å². The molecule has 0 spiro atoms. The predicted molar refractivity (Wildman–Crippen MR) is 67.4 cm³/mol. The number of hydrogen-bond donors (Lipinski definition) is 1. The Balaban J connectivity index is 2.57. The van der Waals surface area contributed by atoms with E-state index in [1.807, 2.05) is 14.1 Å². The Labute approximate surface area is 104 Å². The zero-order valence-corrected chi connectivity index (χ0v) is 11.3. The lowest BCUT2D eigenvalue weighted by Crippen LogP contribution is -2.38. The quantitative estimate of drug-likeness (QED) is 0.854. The van der Waals surface area contributed by atoms with Crippen molar-refractivity contribution >= 4 is 21.8 Å². The Morgan fingerprint density at radius 3 is 2.88 bits per heavy atom. The third-order valence-corrected chi connectivity index (χ3v) is 3.08. The summed E-state index contributed by atoms with van der Waals surface area (Å²) in [6.45, 7) is 2.67. The lowest BCUT2D eigenvalue weighted by Gasteiger charge is -2.20. The molecule has 1 amide bonds. The molecule has 0 saturated heterocycles. The number of likely N-dealkylation sites (N-methyl/N-ethyl adjacent to an activating group) is 1. The number of aromatic nitrogens is 1. The summed E-state index contributed by atoms with van der Waals surface area (Å²) in [5, 5.41) is 2.87. The zero-order chi connectivity index (χ0) is 12.1. The number of carbonyl (C=O) groups excluding carboxylic acids is 1. The largest absolute Gasteiger partial charge is 0.350 e. The van der Waals surface area contributed by atoms with Crippen LogP contribution < -0.4 is 5.32 Å². The van der Waals surface area contributed by atoms with E-state index >= 15 is 0 Å². The molecular formula is C11H16BrN3O. The van der Waals surface area contributed by atoms with Crippen molar-refractivity contribution in [3.63, 3.8) is 0 Å². The van der Waals surface area contributed by atoms with Gasteiger partial charge in [0.05, 0.1) is 5.56 Å². The molecule has 1 N–H and O–H groups in total. The first-order chi connectivity index (χ1) is 7.52. The Morgan fingerprint density at radius 2 is 2.31 bits per heavy atom. The highest BCUT2D eigenvalue weighted by atomic mass is 79.9. The van der Waals surface area contributed by atoms with Gasteiger partial charge in [0.15, 0.2) is 0 Å². The van der Waals surface area contributed by atoms with E-state index in [0.29, 0.717) is 22.8 Å². The van der Waals surface area contributed by atoms with Crippen LogP contribution in [0.5, 0.6) is 0 Å². The maximum absolute atomic E-state index is 11.8. The molecule has 1 atom stereocenters. The Bertz CT molecular complexity index is 368. The van der Waals surface area contributed by atoms with Gasteiger partial charge in [-0.3, -0.25) is 4.79 Å². The number of hydrogen-bond acceptors (Lipinski definition) is 3. The average molecular weight is 286 g/mol. The molecule has 1 aromatic rings. The summed E-state index contributed by atoms with van der Waals surface area (Å²) in [4.78, 5) is 17.9. The van der Waals surface area contributed by atoms with Crippen LogP contribution >= 0.6 is 15.9 Å². The van der Waals surface area contributed by atoms with Gasteiger partial charge in [-0.15, -0.1) is 0 Å². The van der Waals surface area contributed by atoms with Gasteiger partial charge in [0.1, 0.15) is 4.60 Å². The second-order valence-electron chi connectivity index (χ2n) is 3.86. The smallest absolute Gasteiger partial charge is 0.254 e. The molecule has 1 rings (SSSR count). The summed E-state index contributed by atoms with van der Waals surface area (Å²) >= 11 is 3.25. The molecule has 0 aromatic carbocycles. The van der Waals surface area contributed by atoms with Crippen LogP contribution in [0.1, 0.15) is 17.3 Å². The van der Waals surface area contributed by atoms with E-state index in [9.17, 15) is 4.79 Å². The minimum atomic E-state index is -0.103. The molecule has 0 bridgehead atoms. The van der Waals surface area contributed by atoms with Gasteiger partial charge in [-0.2, -0.15) is 0 Å². The fourth-order valence-electron chi connectivity index (χ4n) is 1.07. The van der Waals surface area contributed by atoms with Crippen LogP contribution in [0.25, 0.3) is 0 Å². The van der Waals surface area contributed by atoms with E-state index in [0.717, 1.165) is 0 Å². The second kappa shape index (κ2) is 5.96. The highest BCUT2D eigenvalue weighted by molar-refractivity contribution is 9.10. The Morgan fingerprint density at radius 1 is 1.62 bits per heavy atom. The van der Waals surface area contributed by atoms with Gasteiger partial charge < -0.3 is 10.2 Å². The van der Waals surface area contributed by atoms with Crippen molar-refractivity contribution < 1.29 is 4.79 Å². The molecule has 1 heterocycles. The number of amides is 1. The van der Waals surface area contributed by atoms with Crippen LogP contribution in [0.3, 0.4) is 0 Å². The van der Waals surface area contributed by atoms with Crippen molar-refractivity contribution in [2.75, 3.05) is 20.6 Å². The van der Waals surface area contributed by atoms with E-state index in [1.165, 1.54) is 0 Å². The van der Waals surface area contributed by atoms with Crippen molar-refractivity contribution in [3.05, 3.63) is 28.5 Å². The summed E-state index contributed by atoms with van der Waals surface area (Å²) in [6.07, 6.45) is 1.64. The summed E-state index contributed by atoms with van der Waals surface area (Å²) in [6, 6.07) is 3.79. The van der Waals surface area contributed by atoms with Crippen LogP contribution in [0.4, 0.5) is 0 Å². The van der Waals surface area contributed by atoms with E-state index in [2.05, 4.69) is 38.1 Å². The van der Waals surface area contributed by atoms with Gasteiger partial charge in [0, 0.05) is 18.8 Å². The molecule has 0 saturated carbocycles. The molecular weight excluding hydrogens is 270 g/mol. The summed E-state index contributed by atoms with van der Waals surface area (Å²) in [5.41, 5.74) is 0.563. The van der Waals surface area contributed by atoms with Gasteiger partial charge >= 0.3 is 0 Å². The molecule has 1 unspecified atom stereocenters. The van der Waals surface area contributed by atoms with Crippen LogP contribution in [0, 0.1) is 0 Å². The molecule has 0 fully saturated rings. The van der Waals surface area contributed by atoms with Gasteiger partial charge in [-0.05, 0) is 49.1 Å². The van der Waals surface area contributed by atoms with E-state index in [-0.39, 0.29) is 5.91 Å². The van der Waals surface area contributed by atoms with Crippen molar-refractivity contribution in [2.24, 2.45) is 0 Å². The lowest BCUT2D eigenvalue weighted by atomic mass is 10.2. The maximum Gasteiger partial charge on any atom is 0.254 e. The number of rotatable bonds is 4. The molecule has 5 heteroatoms. The minimum absolute atomic E-state index is 0.103. The first-order valence-electron chi connectivity index (χ1n) is 5.07. The fraction of sp³-hybridized carbons (Fsp3) is 0.455. The normalized spacial score (nSPS) is 12.6. The third-order valence-electron chi connectivity index (χ3n) is 2.44. The van der Waals surface area contributed by atoms with E-state index in [1.54, 1.807) is 18.3 Å². The Kier molecular flexibility index (Phi) is 4.89. The standard InChI is InChI=1S/C11H16BrN3O/c1-8(15(2)3)7-14-11(16)9-5-4-6-13-10(9)12/h4-6,8H,7H2,1-3H3,(H,14,16). The summed E-state index contributed by atoms with van der Waals surface area (Å²) < 4.78 is 0.574. The SMILES string of the molecule is CC(CNC(=O)c1cccnc1Br)N(C)C. The van der Waals surface area contributed by atoms with Gasteiger partial charge in [0.25, 0.3) is 5.91 Å². The van der Waals surface area contributed by atoms with Gasteiger partial charge in [-0.25, -0.2) is 4.98 Å². The number of pyridine rings is 1. The van der Waals surface area contributed by atoms with Crippen LogP contribution in [-0.4, -0.2) is 42.5 Å². The molecule has 0 aliphatic carbocycles. The number of nitrogens with one attached hydrogen (secondary N) is 1. The third kappa shape index (κ3) is 3.57. The van der Waals surface area contributed by atoms with Crippen LogP contribution in [-0.2, 0) is 0 Å². The highest BCUT2D eigenvalue weighted by Gasteiger charge is 2.11. The molecule has 0 aliphatic heterocycles. The minimum Gasteiger partial charge on any atom is -0.350 e. The maximum atomic E-state index is 11.8. The zero-order valence-electron chi connectivity index (χ0n) is 9.70. The molecule has 88 valence electrons.